The number of pyridine rings is 1. The topological polar surface area (TPSA) is 54.0 Å². The van der Waals surface area contributed by atoms with Gasteiger partial charge in [-0.2, -0.15) is 0 Å². The number of nitrogens with one attached hydrogen (secondary N) is 2. The SMILES string of the molecule is CCNc1ncccc1C(=O)NC(C)C(C)(C)C. The summed E-state index contributed by atoms with van der Waals surface area (Å²) in [5, 5.41) is 6.11. The number of carbonyl (C=O) groups excluding carboxylic acids is 1. The van der Waals surface area contributed by atoms with Crippen molar-refractivity contribution in [1.29, 1.82) is 0 Å². The van der Waals surface area contributed by atoms with E-state index in [1.807, 2.05) is 13.8 Å². The molecule has 100 valence electrons. The average Bonchev–Trinajstić information content (AvgIpc) is 2.28. The second-order valence-corrected chi connectivity index (χ2v) is 5.49. The van der Waals surface area contributed by atoms with Crippen LogP contribution in [0, 0.1) is 5.41 Å². The van der Waals surface area contributed by atoms with Crippen molar-refractivity contribution in [3.8, 4) is 0 Å². The standard InChI is InChI=1S/C14H23N3O/c1-6-15-12-11(8-7-9-16-12)13(18)17-10(2)14(3,4)5/h7-10H,6H2,1-5H3,(H,15,16)(H,17,18). The van der Waals surface area contributed by atoms with Crippen molar-refractivity contribution in [3.63, 3.8) is 0 Å². The van der Waals surface area contributed by atoms with Crippen molar-refractivity contribution < 1.29 is 4.79 Å². The van der Waals surface area contributed by atoms with Crippen LogP contribution in [0.3, 0.4) is 0 Å². The first-order valence-corrected chi connectivity index (χ1v) is 6.36. The number of amides is 1. The van der Waals surface area contributed by atoms with Crippen molar-refractivity contribution in [2.75, 3.05) is 11.9 Å². The van der Waals surface area contributed by atoms with Crippen LogP contribution in [0.15, 0.2) is 18.3 Å². The number of rotatable bonds is 4. The molecule has 0 fully saturated rings. The molecule has 18 heavy (non-hydrogen) atoms. The normalized spacial score (nSPS) is 12.9. The van der Waals surface area contributed by atoms with Gasteiger partial charge in [-0.15, -0.1) is 0 Å². The van der Waals surface area contributed by atoms with E-state index in [9.17, 15) is 4.79 Å². The third-order valence-corrected chi connectivity index (χ3v) is 3.04. The molecule has 0 aliphatic carbocycles. The molecule has 1 atom stereocenters. The van der Waals surface area contributed by atoms with Crippen molar-refractivity contribution in [3.05, 3.63) is 23.9 Å². The van der Waals surface area contributed by atoms with Crippen molar-refractivity contribution in [2.45, 2.75) is 40.7 Å². The van der Waals surface area contributed by atoms with Crippen LogP contribution in [0.5, 0.6) is 0 Å². The van der Waals surface area contributed by atoms with Gasteiger partial charge in [0, 0.05) is 18.8 Å². The molecule has 0 spiro atoms. The number of aromatic nitrogens is 1. The highest BCUT2D eigenvalue weighted by atomic mass is 16.1. The summed E-state index contributed by atoms with van der Waals surface area (Å²) in [4.78, 5) is 16.4. The van der Waals surface area contributed by atoms with Crippen molar-refractivity contribution in [2.24, 2.45) is 5.41 Å². The van der Waals surface area contributed by atoms with E-state index in [-0.39, 0.29) is 17.4 Å². The van der Waals surface area contributed by atoms with Crippen LogP contribution in [0.1, 0.15) is 45.0 Å². The quantitative estimate of drug-likeness (QED) is 0.862. The molecular weight excluding hydrogens is 226 g/mol. The Kier molecular flexibility index (Phi) is 4.70. The summed E-state index contributed by atoms with van der Waals surface area (Å²) in [6.07, 6.45) is 1.68. The summed E-state index contributed by atoms with van der Waals surface area (Å²) in [6.45, 7) is 11.0. The third kappa shape index (κ3) is 3.72. The van der Waals surface area contributed by atoms with Crippen molar-refractivity contribution in [1.82, 2.24) is 10.3 Å². The summed E-state index contributed by atoms with van der Waals surface area (Å²) in [6, 6.07) is 3.66. The van der Waals surface area contributed by atoms with Gasteiger partial charge in [-0.25, -0.2) is 4.98 Å². The molecule has 4 nitrogen and oxygen atoms in total. The predicted octanol–water partition coefficient (Wildman–Crippen LogP) is 2.68. The van der Waals surface area contributed by atoms with E-state index in [2.05, 4.69) is 36.4 Å². The zero-order valence-corrected chi connectivity index (χ0v) is 11.9. The maximum absolute atomic E-state index is 12.2. The van der Waals surface area contributed by atoms with Gasteiger partial charge in [0.15, 0.2) is 0 Å². The first-order valence-electron chi connectivity index (χ1n) is 6.36. The lowest BCUT2D eigenvalue weighted by Gasteiger charge is -2.28. The highest BCUT2D eigenvalue weighted by molar-refractivity contribution is 5.98. The summed E-state index contributed by atoms with van der Waals surface area (Å²) in [5.41, 5.74) is 0.631. The van der Waals surface area contributed by atoms with E-state index < -0.39 is 0 Å². The van der Waals surface area contributed by atoms with Gasteiger partial charge in [0.1, 0.15) is 5.82 Å². The van der Waals surface area contributed by atoms with Gasteiger partial charge < -0.3 is 10.6 Å². The molecule has 1 unspecified atom stereocenters. The summed E-state index contributed by atoms with van der Waals surface area (Å²) >= 11 is 0. The average molecular weight is 249 g/mol. The zero-order chi connectivity index (χ0) is 13.8. The highest BCUT2D eigenvalue weighted by Crippen LogP contribution is 2.19. The lowest BCUT2D eigenvalue weighted by atomic mass is 9.88. The van der Waals surface area contributed by atoms with Crippen LogP contribution in [0.25, 0.3) is 0 Å². The highest BCUT2D eigenvalue weighted by Gasteiger charge is 2.23. The third-order valence-electron chi connectivity index (χ3n) is 3.04. The Labute approximate surface area is 109 Å². The number of anilines is 1. The minimum Gasteiger partial charge on any atom is -0.370 e. The van der Waals surface area contributed by atoms with Crippen LogP contribution in [0.2, 0.25) is 0 Å². The van der Waals surface area contributed by atoms with E-state index in [0.29, 0.717) is 11.4 Å². The molecule has 1 rings (SSSR count). The van der Waals surface area contributed by atoms with Crippen LogP contribution in [-0.2, 0) is 0 Å². The van der Waals surface area contributed by atoms with E-state index in [4.69, 9.17) is 0 Å². The van der Waals surface area contributed by atoms with Crippen LogP contribution in [-0.4, -0.2) is 23.5 Å². The fourth-order valence-electron chi connectivity index (χ4n) is 1.39. The van der Waals surface area contributed by atoms with E-state index >= 15 is 0 Å². The first kappa shape index (κ1) is 14.5. The number of carbonyl (C=O) groups is 1. The fraction of sp³-hybridized carbons (Fsp3) is 0.571. The Morgan fingerprint density at radius 1 is 1.44 bits per heavy atom. The molecule has 0 bridgehead atoms. The van der Waals surface area contributed by atoms with Crippen LogP contribution < -0.4 is 10.6 Å². The molecule has 0 saturated carbocycles. The predicted molar refractivity (Wildman–Crippen MR) is 74.8 cm³/mol. The van der Waals surface area contributed by atoms with E-state index in [1.165, 1.54) is 0 Å². The summed E-state index contributed by atoms with van der Waals surface area (Å²) in [5.74, 6) is 0.556. The first-order chi connectivity index (χ1) is 8.36. The van der Waals surface area contributed by atoms with Gasteiger partial charge in [-0.05, 0) is 31.4 Å². The zero-order valence-electron chi connectivity index (χ0n) is 11.9. The Bertz CT molecular complexity index is 410. The molecule has 0 saturated heterocycles. The Morgan fingerprint density at radius 3 is 2.67 bits per heavy atom. The van der Waals surface area contributed by atoms with Gasteiger partial charge in [-0.3, -0.25) is 4.79 Å². The fourth-order valence-corrected chi connectivity index (χ4v) is 1.39. The number of nitrogens with zero attached hydrogens (tertiary/aromatic N) is 1. The largest absolute Gasteiger partial charge is 0.370 e. The monoisotopic (exact) mass is 249 g/mol. The second-order valence-electron chi connectivity index (χ2n) is 5.49. The van der Waals surface area contributed by atoms with Gasteiger partial charge in [0.2, 0.25) is 0 Å². The van der Waals surface area contributed by atoms with Gasteiger partial charge in [0.25, 0.3) is 5.91 Å². The smallest absolute Gasteiger partial charge is 0.255 e. The Hall–Kier alpha value is -1.58. The molecule has 1 amide bonds. The lowest BCUT2D eigenvalue weighted by Crippen LogP contribution is -2.41. The summed E-state index contributed by atoms with van der Waals surface area (Å²) < 4.78 is 0. The van der Waals surface area contributed by atoms with E-state index in [0.717, 1.165) is 6.54 Å². The number of hydrogen-bond acceptors (Lipinski definition) is 3. The molecule has 0 radical (unpaired) electrons. The second kappa shape index (κ2) is 5.85. The molecule has 2 N–H and O–H groups in total. The molecule has 1 aromatic rings. The van der Waals surface area contributed by atoms with Gasteiger partial charge in [-0.1, -0.05) is 20.8 Å². The van der Waals surface area contributed by atoms with Crippen LogP contribution >= 0.6 is 0 Å². The maximum atomic E-state index is 12.2. The van der Waals surface area contributed by atoms with Gasteiger partial charge in [0.05, 0.1) is 5.56 Å². The molecule has 0 aliphatic rings. The molecule has 0 aliphatic heterocycles. The lowest BCUT2D eigenvalue weighted by molar-refractivity contribution is 0.0910. The molecular formula is C14H23N3O. The van der Waals surface area contributed by atoms with E-state index in [1.54, 1.807) is 18.3 Å². The van der Waals surface area contributed by atoms with Crippen LogP contribution in [0.4, 0.5) is 5.82 Å². The molecule has 4 heteroatoms. The molecule has 1 aromatic heterocycles. The Morgan fingerprint density at radius 2 is 2.11 bits per heavy atom. The minimum atomic E-state index is -0.0820. The minimum absolute atomic E-state index is 0.0379. The Balaban J connectivity index is 2.84. The summed E-state index contributed by atoms with van der Waals surface area (Å²) in [7, 11) is 0. The molecule has 1 heterocycles. The molecule has 0 aromatic carbocycles. The maximum Gasteiger partial charge on any atom is 0.255 e. The number of hydrogen-bond donors (Lipinski definition) is 2. The van der Waals surface area contributed by atoms with Gasteiger partial charge >= 0.3 is 0 Å². The van der Waals surface area contributed by atoms with Crippen molar-refractivity contribution >= 4 is 11.7 Å².